The molecule has 0 aliphatic rings. The Balaban J connectivity index is 1.85. The Morgan fingerprint density at radius 3 is 2.63 bits per heavy atom. The molecule has 158 valence electrons. The number of nitrogens with zero attached hydrogens (tertiary/aromatic N) is 1. The molecule has 0 unspecified atom stereocenters. The monoisotopic (exact) mass is 447 g/mol. The number of para-hydroxylation sites is 1. The molecule has 0 aliphatic heterocycles. The lowest BCUT2D eigenvalue weighted by atomic mass is 10.1. The normalized spacial score (nSPS) is 11.2. The van der Waals surface area contributed by atoms with Crippen LogP contribution < -0.4 is 19.5 Å². The van der Waals surface area contributed by atoms with Crippen LogP contribution in [0.5, 0.6) is 11.5 Å². The Kier molecular flexibility index (Phi) is 6.70. The van der Waals surface area contributed by atoms with Crippen LogP contribution >= 0.6 is 11.3 Å². The van der Waals surface area contributed by atoms with Crippen molar-refractivity contribution in [1.82, 2.24) is 9.71 Å². The maximum Gasteiger partial charge on any atom is 0.257 e. The standard InChI is InChI=1S/C20H21N3O5S2/c1-4-28-16-8-6-5-7-14(16)15-12-29-20(22-15)23-19(24)13-9-10-17(27-3)18(11-13)30(25,26)21-2/h5-12,21H,4H2,1-3H3,(H,22,23,24). The zero-order chi connectivity index (χ0) is 21.7. The number of hydrogen-bond acceptors (Lipinski definition) is 7. The van der Waals surface area contributed by atoms with Gasteiger partial charge in [0.05, 0.1) is 19.4 Å². The van der Waals surface area contributed by atoms with Crippen LogP contribution in [0.25, 0.3) is 11.3 Å². The Labute approximate surface area is 178 Å². The topological polar surface area (TPSA) is 107 Å². The number of methoxy groups -OCH3 is 1. The van der Waals surface area contributed by atoms with Gasteiger partial charge in [-0.2, -0.15) is 0 Å². The van der Waals surface area contributed by atoms with Crippen LogP contribution in [0.4, 0.5) is 5.13 Å². The van der Waals surface area contributed by atoms with E-state index in [1.165, 1.54) is 43.7 Å². The Hall–Kier alpha value is -2.95. The van der Waals surface area contributed by atoms with Crippen molar-refractivity contribution in [3.05, 3.63) is 53.4 Å². The van der Waals surface area contributed by atoms with Crippen LogP contribution in [0.15, 0.2) is 52.7 Å². The number of anilines is 1. The molecular formula is C20H21N3O5S2. The van der Waals surface area contributed by atoms with Gasteiger partial charge in [0.1, 0.15) is 16.4 Å². The van der Waals surface area contributed by atoms with Crippen molar-refractivity contribution >= 4 is 32.4 Å². The maximum absolute atomic E-state index is 12.7. The average Bonchev–Trinajstić information content (AvgIpc) is 3.22. The van der Waals surface area contributed by atoms with Gasteiger partial charge < -0.3 is 9.47 Å². The largest absolute Gasteiger partial charge is 0.495 e. The fourth-order valence-corrected chi connectivity index (χ4v) is 4.35. The number of thiazole rings is 1. The first-order valence-electron chi connectivity index (χ1n) is 9.00. The quantitative estimate of drug-likeness (QED) is 0.548. The van der Waals surface area contributed by atoms with Crippen LogP contribution in [-0.2, 0) is 10.0 Å². The van der Waals surface area contributed by atoms with E-state index in [2.05, 4.69) is 15.0 Å². The van der Waals surface area contributed by atoms with Gasteiger partial charge in [0, 0.05) is 16.5 Å². The van der Waals surface area contributed by atoms with Crippen molar-refractivity contribution in [2.75, 3.05) is 26.1 Å². The van der Waals surface area contributed by atoms with E-state index >= 15 is 0 Å². The van der Waals surface area contributed by atoms with Crippen LogP contribution in [0, 0.1) is 0 Å². The van der Waals surface area contributed by atoms with E-state index < -0.39 is 15.9 Å². The summed E-state index contributed by atoms with van der Waals surface area (Å²) in [6.07, 6.45) is 0. The highest BCUT2D eigenvalue weighted by molar-refractivity contribution is 7.89. The number of sulfonamides is 1. The molecule has 10 heteroatoms. The number of hydrogen-bond donors (Lipinski definition) is 2. The second kappa shape index (κ2) is 9.24. The third-order valence-corrected chi connectivity index (χ3v) is 6.36. The van der Waals surface area contributed by atoms with Crippen molar-refractivity contribution in [3.63, 3.8) is 0 Å². The Morgan fingerprint density at radius 1 is 1.17 bits per heavy atom. The lowest BCUT2D eigenvalue weighted by Gasteiger charge is -2.10. The van der Waals surface area contributed by atoms with Crippen LogP contribution in [0.2, 0.25) is 0 Å². The van der Waals surface area contributed by atoms with Crippen LogP contribution in [-0.4, -0.2) is 40.1 Å². The van der Waals surface area contributed by atoms with Crippen molar-refractivity contribution < 1.29 is 22.7 Å². The second-order valence-corrected chi connectivity index (χ2v) is 8.71. The minimum absolute atomic E-state index is 0.120. The van der Waals surface area contributed by atoms with E-state index in [0.29, 0.717) is 23.2 Å². The smallest absolute Gasteiger partial charge is 0.257 e. The third-order valence-electron chi connectivity index (χ3n) is 4.17. The Bertz CT molecular complexity index is 1160. The summed E-state index contributed by atoms with van der Waals surface area (Å²) in [5.41, 5.74) is 1.66. The molecule has 30 heavy (non-hydrogen) atoms. The third kappa shape index (κ3) is 4.61. The fourth-order valence-electron chi connectivity index (χ4n) is 2.72. The SMILES string of the molecule is CCOc1ccccc1-c1csc(NC(=O)c2ccc(OC)c(S(=O)(=O)NC)c2)n1. The number of rotatable bonds is 8. The lowest BCUT2D eigenvalue weighted by molar-refractivity contribution is 0.102. The Morgan fingerprint density at radius 2 is 1.93 bits per heavy atom. The summed E-state index contributed by atoms with van der Waals surface area (Å²) in [4.78, 5) is 17.0. The van der Waals surface area contributed by atoms with E-state index in [1.807, 2.05) is 36.6 Å². The van der Waals surface area contributed by atoms with Gasteiger partial charge in [-0.1, -0.05) is 12.1 Å². The molecule has 2 aromatic carbocycles. The molecule has 0 fully saturated rings. The predicted molar refractivity (Wildman–Crippen MR) is 116 cm³/mol. The number of carbonyl (C=O) groups is 1. The van der Waals surface area contributed by atoms with Gasteiger partial charge in [-0.15, -0.1) is 11.3 Å². The van der Waals surface area contributed by atoms with E-state index in [1.54, 1.807) is 0 Å². The van der Waals surface area contributed by atoms with Gasteiger partial charge in [-0.3, -0.25) is 10.1 Å². The number of ether oxygens (including phenoxy) is 2. The summed E-state index contributed by atoms with van der Waals surface area (Å²) >= 11 is 1.26. The van der Waals surface area contributed by atoms with Crippen molar-refractivity contribution in [2.24, 2.45) is 0 Å². The molecule has 1 heterocycles. The predicted octanol–water partition coefficient (Wildman–Crippen LogP) is 3.38. The minimum atomic E-state index is -3.79. The van der Waals surface area contributed by atoms with Gasteiger partial charge >= 0.3 is 0 Å². The molecule has 3 rings (SSSR count). The molecule has 0 atom stereocenters. The average molecular weight is 448 g/mol. The molecule has 3 aromatic rings. The highest BCUT2D eigenvalue weighted by atomic mass is 32.2. The molecule has 0 bridgehead atoms. The van der Waals surface area contributed by atoms with E-state index in [9.17, 15) is 13.2 Å². The fraction of sp³-hybridized carbons (Fsp3) is 0.200. The molecule has 1 aromatic heterocycles. The molecule has 8 nitrogen and oxygen atoms in total. The summed E-state index contributed by atoms with van der Waals surface area (Å²) in [6.45, 7) is 2.43. The molecule has 1 amide bonds. The molecule has 2 N–H and O–H groups in total. The zero-order valence-electron chi connectivity index (χ0n) is 16.6. The minimum Gasteiger partial charge on any atom is -0.495 e. The van der Waals surface area contributed by atoms with Gasteiger partial charge in [-0.05, 0) is 44.3 Å². The molecule has 0 radical (unpaired) electrons. The van der Waals surface area contributed by atoms with Gasteiger partial charge in [-0.25, -0.2) is 18.1 Å². The van der Waals surface area contributed by atoms with Gasteiger partial charge in [0.15, 0.2) is 5.13 Å². The maximum atomic E-state index is 12.7. The summed E-state index contributed by atoms with van der Waals surface area (Å²) in [6, 6.07) is 11.7. The molecule has 0 aliphatic carbocycles. The first-order chi connectivity index (χ1) is 14.4. The van der Waals surface area contributed by atoms with E-state index in [0.717, 1.165) is 5.56 Å². The number of aromatic nitrogens is 1. The molecule has 0 saturated heterocycles. The molecule has 0 spiro atoms. The summed E-state index contributed by atoms with van der Waals surface area (Å²) in [5.74, 6) is 0.370. The molecular weight excluding hydrogens is 426 g/mol. The highest BCUT2D eigenvalue weighted by Gasteiger charge is 2.21. The van der Waals surface area contributed by atoms with Crippen LogP contribution in [0.3, 0.4) is 0 Å². The van der Waals surface area contributed by atoms with Crippen molar-refractivity contribution in [3.8, 4) is 22.8 Å². The van der Waals surface area contributed by atoms with Crippen molar-refractivity contribution in [1.29, 1.82) is 0 Å². The van der Waals surface area contributed by atoms with E-state index in [4.69, 9.17) is 9.47 Å². The van der Waals surface area contributed by atoms with Gasteiger partial charge in [0.25, 0.3) is 5.91 Å². The lowest BCUT2D eigenvalue weighted by Crippen LogP contribution is -2.20. The summed E-state index contributed by atoms with van der Waals surface area (Å²) in [5, 5.41) is 4.91. The zero-order valence-corrected chi connectivity index (χ0v) is 18.3. The number of amides is 1. The molecule has 0 saturated carbocycles. The number of nitrogens with one attached hydrogen (secondary N) is 2. The first kappa shape index (κ1) is 21.8. The van der Waals surface area contributed by atoms with E-state index in [-0.39, 0.29) is 16.2 Å². The van der Waals surface area contributed by atoms with Gasteiger partial charge in [0.2, 0.25) is 10.0 Å². The number of benzene rings is 2. The van der Waals surface area contributed by atoms with Crippen molar-refractivity contribution in [2.45, 2.75) is 11.8 Å². The summed E-state index contributed by atoms with van der Waals surface area (Å²) in [7, 11) is -1.14. The number of carbonyl (C=O) groups excluding carboxylic acids is 1. The first-order valence-corrected chi connectivity index (χ1v) is 11.4. The highest BCUT2D eigenvalue weighted by Crippen LogP contribution is 2.32. The second-order valence-electron chi connectivity index (χ2n) is 5.99. The summed E-state index contributed by atoms with van der Waals surface area (Å²) < 4.78 is 37.4. The van der Waals surface area contributed by atoms with Crippen LogP contribution in [0.1, 0.15) is 17.3 Å².